The number of ketones is 1. The highest BCUT2D eigenvalue weighted by Crippen LogP contribution is 2.62. The van der Waals surface area contributed by atoms with E-state index in [4.69, 9.17) is 4.98 Å². The van der Waals surface area contributed by atoms with E-state index in [-0.39, 0.29) is 23.1 Å². The van der Waals surface area contributed by atoms with Crippen LogP contribution in [0.15, 0.2) is 48.7 Å². The Hall–Kier alpha value is -3.00. The summed E-state index contributed by atoms with van der Waals surface area (Å²) in [4.78, 5) is 26.5. The van der Waals surface area contributed by atoms with Gasteiger partial charge in [-0.15, -0.1) is 0 Å². The van der Waals surface area contributed by atoms with Crippen LogP contribution in [-0.4, -0.2) is 79.6 Å². The number of H-pyrrole nitrogens is 1. The minimum Gasteiger partial charge on any atom is -0.506 e. The number of hydrogen-bond acceptors (Lipinski definition) is 6. The number of carbonyl (C=O) groups excluding carboxylic acids is 1. The van der Waals surface area contributed by atoms with E-state index in [9.17, 15) is 15.0 Å². The molecule has 2 aromatic heterocycles. The Balaban J connectivity index is 1.34. The molecule has 8 rings (SSSR count). The smallest absolute Gasteiger partial charge is 0.139 e. The Labute approximate surface area is 253 Å². The summed E-state index contributed by atoms with van der Waals surface area (Å²) in [5.41, 5.74) is 2.63. The van der Waals surface area contributed by atoms with Crippen LogP contribution in [0.3, 0.4) is 0 Å². The largest absolute Gasteiger partial charge is 0.506 e. The molecule has 0 saturated carbocycles. The molecule has 1 aliphatic carbocycles. The average Bonchev–Trinajstić information content (AvgIpc) is 3.52. The van der Waals surface area contributed by atoms with Gasteiger partial charge in [0.05, 0.1) is 22.3 Å². The monoisotopic (exact) mass is 580 g/mol. The van der Waals surface area contributed by atoms with E-state index in [0.29, 0.717) is 31.1 Å². The van der Waals surface area contributed by atoms with E-state index >= 15 is 0 Å². The van der Waals surface area contributed by atoms with E-state index < -0.39 is 5.60 Å². The van der Waals surface area contributed by atoms with E-state index in [1.54, 1.807) is 6.07 Å². The topological polar surface area (TPSA) is 92.7 Å². The summed E-state index contributed by atoms with van der Waals surface area (Å²) in [6.45, 7) is 4.02. The SMILES string of the molecule is O=C1CCCN2C(CC1)C[C@]13CN4CCCC/C=C\CC[C@](O)(C=C(c5nccc6c5[nH]c5c(O)cccc56)[C@@H]1CC4)C23. The van der Waals surface area contributed by atoms with Gasteiger partial charge < -0.3 is 20.1 Å². The summed E-state index contributed by atoms with van der Waals surface area (Å²) in [5.74, 6) is 0.898. The summed E-state index contributed by atoms with van der Waals surface area (Å²) < 4.78 is 0. The predicted octanol–water partition coefficient (Wildman–Crippen LogP) is 5.96. The number of aromatic hydroxyl groups is 1. The summed E-state index contributed by atoms with van der Waals surface area (Å²) in [6, 6.07) is 8.04. The van der Waals surface area contributed by atoms with Crippen molar-refractivity contribution in [3.63, 3.8) is 0 Å². The fourth-order valence-electron chi connectivity index (χ4n) is 9.92. The molecular formula is C36H44N4O3. The van der Waals surface area contributed by atoms with Crippen LogP contribution in [0.4, 0.5) is 0 Å². The van der Waals surface area contributed by atoms with E-state index in [0.717, 1.165) is 92.2 Å². The lowest BCUT2D eigenvalue weighted by Crippen LogP contribution is -2.65. The first-order valence-corrected chi connectivity index (χ1v) is 16.7. The number of hydrogen-bond donors (Lipinski definition) is 3. The number of benzene rings is 1. The number of phenols is 1. The summed E-state index contributed by atoms with van der Waals surface area (Å²) >= 11 is 0. The quantitative estimate of drug-likeness (QED) is 0.308. The second-order valence-corrected chi connectivity index (χ2v) is 14.0. The van der Waals surface area contributed by atoms with Crippen LogP contribution in [-0.2, 0) is 4.79 Å². The molecule has 6 heterocycles. The number of aromatic amines is 1. The molecule has 1 spiro atoms. The second-order valence-electron chi connectivity index (χ2n) is 14.0. The van der Waals surface area contributed by atoms with Crippen molar-refractivity contribution in [2.24, 2.45) is 11.3 Å². The molecule has 0 amide bonds. The molecule has 5 aliphatic rings. The van der Waals surface area contributed by atoms with E-state index in [1.165, 1.54) is 18.4 Å². The molecule has 226 valence electrons. The zero-order chi connectivity index (χ0) is 29.2. The van der Waals surface area contributed by atoms with Crippen molar-refractivity contribution in [1.29, 1.82) is 0 Å². The molecule has 7 heteroatoms. The van der Waals surface area contributed by atoms with Crippen molar-refractivity contribution in [3.8, 4) is 5.75 Å². The first kappa shape index (κ1) is 27.5. The van der Waals surface area contributed by atoms with E-state index in [2.05, 4.69) is 39.1 Å². The number of rotatable bonds is 1. The highest BCUT2D eigenvalue weighted by molar-refractivity contribution is 6.11. The Morgan fingerprint density at radius 3 is 2.77 bits per heavy atom. The normalized spacial score (nSPS) is 36.1. The van der Waals surface area contributed by atoms with E-state index in [1.807, 2.05) is 18.3 Å². The number of para-hydroxylation sites is 1. The number of nitrogens with one attached hydrogen (secondary N) is 1. The third-order valence-electron chi connectivity index (χ3n) is 11.6. The molecule has 3 unspecified atom stereocenters. The minimum absolute atomic E-state index is 0.0230. The molecule has 4 aliphatic heterocycles. The zero-order valence-electron chi connectivity index (χ0n) is 25.1. The van der Waals surface area contributed by atoms with Gasteiger partial charge in [-0.1, -0.05) is 24.3 Å². The van der Waals surface area contributed by atoms with Gasteiger partial charge in [-0.25, -0.2) is 0 Å². The number of allylic oxidation sites excluding steroid dienone is 3. The number of aliphatic hydroxyl groups is 1. The molecule has 6 atom stereocenters. The van der Waals surface area contributed by atoms with Crippen molar-refractivity contribution in [2.75, 3.05) is 26.2 Å². The zero-order valence-corrected chi connectivity index (χ0v) is 25.1. The Kier molecular flexibility index (Phi) is 6.77. The molecule has 0 radical (unpaired) electrons. The number of pyridine rings is 1. The maximum Gasteiger partial charge on any atom is 0.139 e. The number of phenolic OH excluding ortho intramolecular Hbond substituents is 1. The fraction of sp³-hybridized carbons (Fsp3) is 0.556. The fourth-order valence-corrected chi connectivity index (χ4v) is 9.92. The van der Waals surface area contributed by atoms with Gasteiger partial charge >= 0.3 is 0 Å². The van der Waals surface area contributed by atoms with Gasteiger partial charge in [0.2, 0.25) is 0 Å². The lowest BCUT2D eigenvalue weighted by Gasteiger charge is -2.58. The molecular weight excluding hydrogens is 536 g/mol. The van der Waals surface area contributed by atoms with Crippen LogP contribution in [0.5, 0.6) is 5.75 Å². The highest BCUT2D eigenvalue weighted by atomic mass is 16.3. The number of aromatic nitrogens is 2. The summed E-state index contributed by atoms with van der Waals surface area (Å²) in [5, 5.41) is 25.8. The molecule has 3 N–H and O–H groups in total. The first-order chi connectivity index (χ1) is 21.0. The van der Waals surface area contributed by atoms with Crippen LogP contribution in [0.25, 0.3) is 27.4 Å². The minimum atomic E-state index is -1.01. The first-order valence-electron chi connectivity index (χ1n) is 16.7. The number of Topliss-reactive ketones (excluding diaryl/α,β-unsaturated/α-hetero) is 1. The molecule has 3 aromatic rings. The molecule has 3 fully saturated rings. The van der Waals surface area contributed by atoms with Crippen LogP contribution in [0.2, 0.25) is 0 Å². The van der Waals surface area contributed by atoms with Gasteiger partial charge in [0.1, 0.15) is 11.5 Å². The van der Waals surface area contributed by atoms with Crippen molar-refractivity contribution >= 4 is 33.2 Å². The standard InChI is InChI=1S/C36H44N4O3/c41-25-9-8-19-40-24(12-13-25)21-35-23-39-18-6-4-2-1-3-5-16-36(43,34(35)40)22-28(29(35)15-20-39)32-33-27(14-17-37-32)26-10-7-11-30(42)31(26)38-33/h1,3,7,10-11,14,17,22,24,29,34,38,42-43H,2,4-6,8-9,12-13,15-16,18-21,23H2/b3-1-/t24?,29-,34?,35-,36-/m0/s1. The number of fused-ring (bicyclic) bond motifs is 5. The average molecular weight is 581 g/mol. The third kappa shape index (κ3) is 4.41. The van der Waals surface area contributed by atoms with Gasteiger partial charge in [-0.3, -0.25) is 14.7 Å². The van der Waals surface area contributed by atoms with Gasteiger partial charge in [0, 0.05) is 53.9 Å². The Bertz CT molecular complexity index is 1630. The molecule has 43 heavy (non-hydrogen) atoms. The molecule has 3 saturated heterocycles. The number of nitrogens with zero attached hydrogens (tertiary/aromatic N) is 3. The molecule has 7 nitrogen and oxygen atoms in total. The highest BCUT2D eigenvalue weighted by Gasteiger charge is 2.66. The number of carbonyl (C=O) groups is 1. The number of piperidine rings is 1. The van der Waals surface area contributed by atoms with Gasteiger partial charge in [-0.05, 0) is 107 Å². The van der Waals surface area contributed by atoms with Crippen LogP contribution in [0, 0.1) is 11.3 Å². The van der Waals surface area contributed by atoms with Crippen molar-refractivity contribution in [1.82, 2.24) is 19.8 Å². The maximum atomic E-state index is 13.1. The Morgan fingerprint density at radius 2 is 1.84 bits per heavy atom. The van der Waals surface area contributed by atoms with Gasteiger partial charge in [0.15, 0.2) is 0 Å². The van der Waals surface area contributed by atoms with Crippen LogP contribution in [0.1, 0.15) is 76.3 Å². The molecule has 3 bridgehead atoms. The Morgan fingerprint density at radius 1 is 0.953 bits per heavy atom. The predicted molar refractivity (Wildman–Crippen MR) is 170 cm³/mol. The summed E-state index contributed by atoms with van der Waals surface area (Å²) in [6.07, 6.45) is 18.9. The van der Waals surface area contributed by atoms with Crippen molar-refractivity contribution < 1.29 is 15.0 Å². The van der Waals surface area contributed by atoms with Gasteiger partial charge in [-0.2, -0.15) is 0 Å². The van der Waals surface area contributed by atoms with Crippen LogP contribution >= 0.6 is 0 Å². The third-order valence-corrected chi connectivity index (χ3v) is 11.6. The van der Waals surface area contributed by atoms with Gasteiger partial charge in [0.25, 0.3) is 0 Å². The van der Waals surface area contributed by atoms with Crippen molar-refractivity contribution in [3.05, 3.63) is 54.4 Å². The summed E-state index contributed by atoms with van der Waals surface area (Å²) in [7, 11) is 0. The van der Waals surface area contributed by atoms with Crippen LogP contribution < -0.4 is 0 Å². The molecule has 1 aromatic carbocycles. The lowest BCUT2D eigenvalue weighted by molar-refractivity contribution is -0.120. The maximum absolute atomic E-state index is 13.1. The lowest BCUT2D eigenvalue weighted by atomic mass is 9.54. The van der Waals surface area contributed by atoms with Crippen molar-refractivity contribution in [2.45, 2.75) is 88.3 Å². The second kappa shape index (κ2) is 10.6.